The van der Waals surface area contributed by atoms with Gasteiger partial charge in [-0.05, 0) is 6.54 Å². The van der Waals surface area contributed by atoms with Crippen molar-refractivity contribution < 1.29 is 9.59 Å². The average molecular weight is 228 g/mol. The van der Waals surface area contributed by atoms with Gasteiger partial charge in [-0.15, -0.1) is 11.3 Å². The summed E-state index contributed by atoms with van der Waals surface area (Å²) >= 11 is 1.45. The highest BCUT2D eigenvalue weighted by atomic mass is 32.1. The summed E-state index contributed by atoms with van der Waals surface area (Å²) in [6, 6.07) is -0.850. The Balaban J connectivity index is 2.49. The molecule has 0 aliphatic rings. The zero-order valence-electron chi connectivity index (χ0n) is 8.03. The van der Waals surface area contributed by atoms with E-state index in [9.17, 15) is 9.59 Å². The minimum atomic E-state index is -0.850. The molecule has 0 bridgehead atoms. The molecule has 1 aromatic rings. The molecule has 1 heterocycles. The third-order valence-corrected chi connectivity index (χ3v) is 2.52. The van der Waals surface area contributed by atoms with Crippen LogP contribution in [0.1, 0.15) is 10.7 Å². The van der Waals surface area contributed by atoms with Crippen LogP contribution >= 0.6 is 11.3 Å². The highest BCUT2D eigenvalue weighted by Gasteiger charge is 2.08. The molecule has 0 fully saturated rings. The lowest BCUT2D eigenvalue weighted by atomic mass is 10.3. The van der Waals surface area contributed by atoms with Gasteiger partial charge < -0.3 is 11.5 Å². The molecular weight excluding hydrogens is 216 g/mol. The van der Waals surface area contributed by atoms with Gasteiger partial charge >= 0.3 is 6.03 Å². The number of amides is 3. The minimum Gasteiger partial charge on any atom is -0.351 e. The van der Waals surface area contributed by atoms with Gasteiger partial charge in [-0.25, -0.2) is 9.78 Å². The Kier molecular flexibility index (Phi) is 4.19. The van der Waals surface area contributed by atoms with Crippen molar-refractivity contribution in [1.29, 1.82) is 0 Å². The van der Waals surface area contributed by atoms with E-state index in [1.54, 1.807) is 5.38 Å². The summed E-state index contributed by atoms with van der Waals surface area (Å²) in [6.07, 6.45) is 0.756. The maximum Gasteiger partial charge on any atom is 0.318 e. The Labute approximate surface area is 90.7 Å². The molecule has 15 heavy (non-hydrogen) atoms. The number of hydrogen-bond acceptors (Lipinski definition) is 5. The molecule has 1 aromatic heterocycles. The molecule has 0 aliphatic carbocycles. The molecule has 0 spiro atoms. The smallest absolute Gasteiger partial charge is 0.318 e. The van der Waals surface area contributed by atoms with Gasteiger partial charge in [0.25, 0.3) is 0 Å². The minimum absolute atomic E-state index is 0.0595. The average Bonchev–Trinajstić information content (AvgIpc) is 2.51. The zero-order chi connectivity index (χ0) is 11.3. The number of aromatic nitrogens is 1. The van der Waals surface area contributed by atoms with E-state index >= 15 is 0 Å². The van der Waals surface area contributed by atoms with Gasteiger partial charge in [0.1, 0.15) is 0 Å². The van der Waals surface area contributed by atoms with Crippen LogP contribution in [0.15, 0.2) is 5.38 Å². The van der Waals surface area contributed by atoms with E-state index in [2.05, 4.69) is 4.98 Å². The van der Waals surface area contributed by atoms with E-state index in [1.165, 1.54) is 11.3 Å². The normalized spacial score (nSPS) is 9.93. The Morgan fingerprint density at radius 2 is 2.27 bits per heavy atom. The van der Waals surface area contributed by atoms with Crippen LogP contribution in [-0.4, -0.2) is 23.5 Å². The topological polar surface area (TPSA) is 111 Å². The van der Waals surface area contributed by atoms with Gasteiger partial charge in [-0.3, -0.25) is 10.1 Å². The first-order valence-corrected chi connectivity index (χ1v) is 5.22. The summed E-state index contributed by atoms with van der Waals surface area (Å²) in [7, 11) is 0. The first-order valence-electron chi connectivity index (χ1n) is 4.34. The van der Waals surface area contributed by atoms with E-state index in [4.69, 9.17) is 11.5 Å². The lowest BCUT2D eigenvalue weighted by Gasteiger charge is -1.97. The lowest BCUT2D eigenvalue weighted by Crippen LogP contribution is -2.36. The van der Waals surface area contributed by atoms with Crippen LogP contribution in [0.25, 0.3) is 0 Å². The van der Waals surface area contributed by atoms with Crippen molar-refractivity contribution in [3.8, 4) is 0 Å². The maximum atomic E-state index is 11.1. The summed E-state index contributed by atoms with van der Waals surface area (Å²) < 4.78 is 0. The fourth-order valence-electron chi connectivity index (χ4n) is 1.01. The van der Waals surface area contributed by atoms with Crippen LogP contribution in [0.3, 0.4) is 0 Å². The summed E-state index contributed by atoms with van der Waals surface area (Å²) in [6.45, 7) is 0.528. The molecule has 0 aliphatic heterocycles. The van der Waals surface area contributed by atoms with Crippen molar-refractivity contribution in [3.63, 3.8) is 0 Å². The van der Waals surface area contributed by atoms with E-state index < -0.39 is 11.9 Å². The second-order valence-electron chi connectivity index (χ2n) is 2.86. The molecule has 1 rings (SSSR count). The Hall–Kier alpha value is -1.47. The molecule has 0 radical (unpaired) electrons. The number of primary amides is 1. The second kappa shape index (κ2) is 5.42. The molecule has 82 valence electrons. The summed E-state index contributed by atoms with van der Waals surface area (Å²) in [4.78, 5) is 25.7. The number of urea groups is 1. The van der Waals surface area contributed by atoms with Crippen molar-refractivity contribution in [2.24, 2.45) is 11.5 Å². The zero-order valence-corrected chi connectivity index (χ0v) is 8.84. The Morgan fingerprint density at radius 1 is 1.53 bits per heavy atom. The molecule has 0 unspecified atom stereocenters. The number of carbonyl (C=O) groups is 2. The molecule has 0 saturated heterocycles. The monoisotopic (exact) mass is 228 g/mol. The second-order valence-corrected chi connectivity index (χ2v) is 3.80. The van der Waals surface area contributed by atoms with Gasteiger partial charge in [0.15, 0.2) is 0 Å². The SMILES string of the molecule is NCCc1nc(CC(=O)NC(N)=O)cs1. The summed E-state index contributed by atoms with van der Waals surface area (Å²) in [5.74, 6) is -0.452. The van der Waals surface area contributed by atoms with Crippen LogP contribution in [0.5, 0.6) is 0 Å². The molecular formula is C8H12N4O2S. The fourth-order valence-corrected chi connectivity index (χ4v) is 1.83. The number of hydrogen-bond donors (Lipinski definition) is 3. The van der Waals surface area contributed by atoms with Crippen LogP contribution in [0.2, 0.25) is 0 Å². The quantitative estimate of drug-likeness (QED) is 0.637. The summed E-state index contributed by atoms with van der Waals surface area (Å²) in [5, 5.41) is 4.63. The van der Waals surface area contributed by atoms with E-state index in [0.717, 1.165) is 5.01 Å². The van der Waals surface area contributed by atoms with Gasteiger partial charge in [0.05, 0.1) is 17.1 Å². The van der Waals surface area contributed by atoms with Crippen molar-refractivity contribution in [2.75, 3.05) is 6.54 Å². The number of imide groups is 1. The molecule has 6 nitrogen and oxygen atoms in total. The van der Waals surface area contributed by atoms with Gasteiger partial charge in [0, 0.05) is 11.8 Å². The standard InChI is InChI=1S/C8H12N4O2S/c9-2-1-7-11-5(4-15-7)3-6(13)12-8(10)14/h4H,1-3,9H2,(H3,10,12,13,14). The van der Waals surface area contributed by atoms with Crippen molar-refractivity contribution >= 4 is 23.3 Å². The van der Waals surface area contributed by atoms with Crippen molar-refractivity contribution in [3.05, 3.63) is 16.1 Å². The molecule has 0 saturated carbocycles. The number of nitrogens with one attached hydrogen (secondary N) is 1. The Bertz CT molecular complexity index is 363. The maximum absolute atomic E-state index is 11.1. The van der Waals surface area contributed by atoms with Crippen LogP contribution < -0.4 is 16.8 Å². The first-order chi connectivity index (χ1) is 7.11. The van der Waals surface area contributed by atoms with E-state index in [0.29, 0.717) is 18.7 Å². The molecule has 3 amide bonds. The first kappa shape index (κ1) is 11.6. The number of nitrogens with zero attached hydrogens (tertiary/aromatic N) is 1. The summed E-state index contributed by atoms with van der Waals surface area (Å²) in [5.41, 5.74) is 10.8. The van der Waals surface area contributed by atoms with Crippen LogP contribution in [-0.2, 0) is 17.6 Å². The fraction of sp³-hybridized carbons (Fsp3) is 0.375. The highest BCUT2D eigenvalue weighted by molar-refractivity contribution is 7.09. The largest absolute Gasteiger partial charge is 0.351 e. The van der Waals surface area contributed by atoms with Gasteiger partial charge in [-0.2, -0.15) is 0 Å². The van der Waals surface area contributed by atoms with Gasteiger partial charge in [-0.1, -0.05) is 0 Å². The highest BCUT2D eigenvalue weighted by Crippen LogP contribution is 2.10. The predicted octanol–water partition coefficient (Wildman–Crippen LogP) is -0.618. The number of thiazole rings is 1. The Morgan fingerprint density at radius 3 is 2.87 bits per heavy atom. The molecule has 0 atom stereocenters. The molecule has 0 aromatic carbocycles. The molecule has 7 heteroatoms. The third kappa shape index (κ3) is 4.05. The van der Waals surface area contributed by atoms with Gasteiger partial charge in [0.2, 0.25) is 5.91 Å². The van der Waals surface area contributed by atoms with E-state index in [-0.39, 0.29) is 6.42 Å². The number of carbonyl (C=O) groups excluding carboxylic acids is 2. The number of rotatable bonds is 4. The molecule has 5 N–H and O–H groups in total. The van der Waals surface area contributed by atoms with Crippen LogP contribution in [0.4, 0.5) is 4.79 Å². The van der Waals surface area contributed by atoms with E-state index in [1.807, 2.05) is 5.32 Å². The van der Waals surface area contributed by atoms with Crippen LogP contribution in [0, 0.1) is 0 Å². The van der Waals surface area contributed by atoms with Crippen molar-refractivity contribution in [1.82, 2.24) is 10.3 Å². The number of nitrogens with two attached hydrogens (primary N) is 2. The third-order valence-electron chi connectivity index (χ3n) is 1.56. The lowest BCUT2D eigenvalue weighted by molar-refractivity contribution is -0.119. The van der Waals surface area contributed by atoms with Crippen molar-refractivity contribution in [2.45, 2.75) is 12.8 Å². The predicted molar refractivity (Wildman–Crippen MR) is 56.3 cm³/mol.